The highest BCUT2D eigenvalue weighted by Gasteiger charge is 2.31. The molecule has 31 heavy (non-hydrogen) atoms. The minimum absolute atomic E-state index is 0.0889. The van der Waals surface area contributed by atoms with Gasteiger partial charge >= 0.3 is 12.1 Å². The quantitative estimate of drug-likeness (QED) is 0.424. The highest BCUT2D eigenvalue weighted by molar-refractivity contribution is 7.89. The molecule has 8 nitrogen and oxygen atoms in total. The van der Waals surface area contributed by atoms with Gasteiger partial charge in [-0.1, -0.05) is 11.6 Å². The van der Waals surface area contributed by atoms with Crippen LogP contribution < -0.4 is 5.32 Å². The second-order valence-corrected chi connectivity index (χ2v) is 10.4. The molecule has 0 aliphatic rings. The number of sulfonamides is 1. The van der Waals surface area contributed by atoms with Crippen molar-refractivity contribution in [3.8, 4) is 0 Å². The number of hydrogen-bond donors (Lipinski definition) is 1. The van der Waals surface area contributed by atoms with Gasteiger partial charge < -0.3 is 14.8 Å². The van der Waals surface area contributed by atoms with Crippen LogP contribution in [0.5, 0.6) is 0 Å². The molecule has 0 saturated carbocycles. The van der Waals surface area contributed by atoms with Crippen LogP contribution in [0.1, 0.15) is 57.8 Å². The summed E-state index contributed by atoms with van der Waals surface area (Å²) in [5.41, 5.74) is -0.854. The van der Waals surface area contributed by atoms with Gasteiger partial charge in [-0.15, -0.1) is 0 Å². The van der Waals surface area contributed by atoms with Crippen molar-refractivity contribution in [2.45, 2.75) is 64.0 Å². The number of alkyl carbamates (subject to hydrolysis) is 1. The first-order chi connectivity index (χ1) is 14.2. The molecule has 0 fully saturated rings. The third kappa shape index (κ3) is 7.93. The Morgan fingerprint density at radius 2 is 1.84 bits per heavy atom. The Hall–Kier alpha value is -1.91. The van der Waals surface area contributed by atoms with Gasteiger partial charge in [0.2, 0.25) is 10.0 Å². The van der Waals surface area contributed by atoms with Crippen LogP contribution in [0.2, 0.25) is 5.02 Å². The lowest BCUT2D eigenvalue weighted by atomic mass is 10.2. The first kappa shape index (κ1) is 27.1. The molecule has 1 N–H and O–H groups in total. The number of esters is 1. The molecule has 0 heterocycles. The number of benzene rings is 1. The number of nitrogens with one attached hydrogen (secondary N) is 1. The molecule has 0 bridgehead atoms. The van der Waals surface area contributed by atoms with Crippen molar-refractivity contribution in [2.24, 2.45) is 0 Å². The predicted molar refractivity (Wildman–Crippen MR) is 115 cm³/mol. The maximum Gasteiger partial charge on any atom is 0.407 e. The number of unbranched alkanes of at least 4 members (excludes halogenated alkanes) is 1. The van der Waals surface area contributed by atoms with Crippen molar-refractivity contribution in [3.63, 3.8) is 0 Å². The molecule has 0 atom stereocenters. The normalized spacial score (nSPS) is 12.2. The molecule has 0 aliphatic carbocycles. The van der Waals surface area contributed by atoms with Gasteiger partial charge in [0.25, 0.3) is 0 Å². The highest BCUT2D eigenvalue weighted by Crippen LogP contribution is 2.28. The maximum atomic E-state index is 14.5. The number of amides is 1. The summed E-state index contributed by atoms with van der Waals surface area (Å²) in [7, 11) is -3.15. The molecule has 0 spiro atoms. The molecule has 1 amide bonds. The Balaban J connectivity index is 2.91. The molecule has 11 heteroatoms. The Labute approximate surface area is 188 Å². The average molecular weight is 481 g/mol. The van der Waals surface area contributed by atoms with Crippen LogP contribution >= 0.6 is 11.6 Å². The standard InChI is InChI=1S/C20H30ClFN2O6S/c1-13(2)24(10-8-7-9-23-19(26)30-20(3,4)5)31(27,28)17-11-14(18(25)29-6)15(21)12-16(17)22/h11-13H,7-10H2,1-6H3,(H,23,26). The van der Waals surface area contributed by atoms with Crippen LogP contribution in [0.25, 0.3) is 0 Å². The van der Waals surface area contributed by atoms with E-state index in [1.54, 1.807) is 34.6 Å². The molecule has 0 aliphatic heterocycles. The molecule has 0 unspecified atom stereocenters. The molecule has 0 radical (unpaired) electrons. The fraction of sp³-hybridized carbons (Fsp3) is 0.600. The Morgan fingerprint density at radius 3 is 2.35 bits per heavy atom. The van der Waals surface area contributed by atoms with Crippen LogP contribution in [0.3, 0.4) is 0 Å². The van der Waals surface area contributed by atoms with Crippen molar-refractivity contribution in [1.82, 2.24) is 9.62 Å². The lowest BCUT2D eigenvalue weighted by Gasteiger charge is -2.26. The number of nitrogens with zero attached hydrogens (tertiary/aromatic N) is 1. The number of ether oxygens (including phenoxy) is 2. The van der Waals surface area contributed by atoms with Gasteiger partial charge in [-0.2, -0.15) is 4.31 Å². The minimum Gasteiger partial charge on any atom is -0.465 e. The van der Waals surface area contributed by atoms with E-state index in [-0.39, 0.29) is 17.1 Å². The second kappa shape index (κ2) is 11.1. The number of halogens is 2. The first-order valence-electron chi connectivity index (χ1n) is 9.76. The number of methoxy groups -OCH3 is 1. The molecule has 0 saturated heterocycles. The summed E-state index contributed by atoms with van der Waals surface area (Å²) >= 11 is 5.86. The summed E-state index contributed by atoms with van der Waals surface area (Å²) in [6.45, 7) is 8.95. The fourth-order valence-electron chi connectivity index (χ4n) is 2.67. The van der Waals surface area contributed by atoms with Gasteiger partial charge in [0.05, 0.1) is 17.7 Å². The topological polar surface area (TPSA) is 102 Å². The number of carbonyl (C=O) groups is 2. The summed E-state index contributed by atoms with van der Waals surface area (Å²) in [6, 6.07) is 1.20. The fourth-order valence-corrected chi connectivity index (χ4v) is 4.65. The van der Waals surface area contributed by atoms with E-state index in [2.05, 4.69) is 10.1 Å². The Bertz CT molecular complexity index is 900. The van der Waals surface area contributed by atoms with Gasteiger partial charge in [0, 0.05) is 19.1 Å². The molecule has 1 aromatic rings. The highest BCUT2D eigenvalue weighted by atomic mass is 35.5. The predicted octanol–water partition coefficient (Wildman–Crippen LogP) is 3.97. The number of hydrogen-bond acceptors (Lipinski definition) is 6. The largest absolute Gasteiger partial charge is 0.465 e. The lowest BCUT2D eigenvalue weighted by molar-refractivity contribution is 0.0525. The van der Waals surface area contributed by atoms with E-state index in [4.69, 9.17) is 16.3 Å². The van der Waals surface area contributed by atoms with Crippen molar-refractivity contribution in [1.29, 1.82) is 0 Å². The zero-order chi connectivity index (χ0) is 24.0. The minimum atomic E-state index is -4.26. The monoisotopic (exact) mass is 480 g/mol. The molecule has 1 rings (SSSR count). The van der Waals surface area contributed by atoms with Gasteiger partial charge in [-0.25, -0.2) is 22.4 Å². The zero-order valence-corrected chi connectivity index (χ0v) is 20.2. The van der Waals surface area contributed by atoms with Crippen LogP contribution in [0, 0.1) is 5.82 Å². The van der Waals surface area contributed by atoms with Gasteiger partial charge in [-0.05, 0) is 59.6 Å². The molecule has 1 aromatic carbocycles. The first-order valence-corrected chi connectivity index (χ1v) is 11.6. The Morgan fingerprint density at radius 1 is 1.23 bits per heavy atom. The van der Waals surface area contributed by atoms with Gasteiger partial charge in [0.1, 0.15) is 16.3 Å². The van der Waals surface area contributed by atoms with Crippen LogP contribution in [0.15, 0.2) is 17.0 Å². The van der Waals surface area contributed by atoms with Crippen molar-refractivity contribution >= 4 is 33.7 Å². The average Bonchev–Trinajstić information content (AvgIpc) is 2.61. The molecule has 176 valence electrons. The van der Waals surface area contributed by atoms with Crippen LogP contribution in [-0.4, -0.2) is 56.6 Å². The van der Waals surface area contributed by atoms with E-state index < -0.39 is 44.4 Å². The van der Waals surface area contributed by atoms with Crippen molar-refractivity contribution < 1.29 is 31.9 Å². The third-order valence-electron chi connectivity index (χ3n) is 4.06. The van der Waals surface area contributed by atoms with E-state index in [1.807, 2.05) is 0 Å². The van der Waals surface area contributed by atoms with E-state index in [0.717, 1.165) is 23.5 Å². The number of carbonyl (C=O) groups excluding carboxylic acids is 2. The summed E-state index contributed by atoms with van der Waals surface area (Å²) in [4.78, 5) is 22.8. The molecular formula is C20H30ClFN2O6S. The summed E-state index contributed by atoms with van der Waals surface area (Å²) in [5.74, 6) is -1.93. The zero-order valence-electron chi connectivity index (χ0n) is 18.6. The van der Waals surface area contributed by atoms with Crippen LogP contribution in [0.4, 0.5) is 9.18 Å². The van der Waals surface area contributed by atoms with E-state index in [1.165, 1.54) is 0 Å². The van der Waals surface area contributed by atoms with Crippen LogP contribution in [-0.2, 0) is 19.5 Å². The van der Waals surface area contributed by atoms with Gasteiger partial charge in [0.15, 0.2) is 0 Å². The molecular weight excluding hydrogens is 451 g/mol. The van der Waals surface area contributed by atoms with E-state index in [9.17, 15) is 22.4 Å². The third-order valence-corrected chi connectivity index (χ3v) is 6.47. The summed E-state index contributed by atoms with van der Waals surface area (Å²) < 4.78 is 51.5. The van der Waals surface area contributed by atoms with E-state index in [0.29, 0.717) is 19.4 Å². The molecule has 0 aromatic heterocycles. The Kier molecular flexibility index (Phi) is 9.71. The van der Waals surface area contributed by atoms with E-state index >= 15 is 0 Å². The van der Waals surface area contributed by atoms with Gasteiger partial charge in [-0.3, -0.25) is 0 Å². The lowest BCUT2D eigenvalue weighted by Crippen LogP contribution is -2.38. The van der Waals surface area contributed by atoms with Crippen molar-refractivity contribution in [2.75, 3.05) is 20.2 Å². The smallest absolute Gasteiger partial charge is 0.407 e. The maximum absolute atomic E-state index is 14.5. The number of rotatable bonds is 9. The summed E-state index contributed by atoms with van der Waals surface area (Å²) in [5, 5.41) is 2.36. The SMILES string of the molecule is COC(=O)c1cc(S(=O)(=O)N(CCCCNC(=O)OC(C)(C)C)C(C)C)c(F)cc1Cl. The summed E-state index contributed by atoms with van der Waals surface area (Å²) in [6.07, 6.45) is 0.334. The van der Waals surface area contributed by atoms with Crippen molar-refractivity contribution in [3.05, 3.63) is 28.5 Å². The second-order valence-electron chi connectivity index (χ2n) is 8.10.